The lowest BCUT2D eigenvalue weighted by atomic mass is 10.2. The molecule has 1 N–H and O–H groups in total. The molecule has 0 saturated carbocycles. The van der Waals surface area contributed by atoms with E-state index in [0.717, 1.165) is 5.56 Å². The highest BCUT2D eigenvalue weighted by atomic mass is 32.1. The van der Waals surface area contributed by atoms with Crippen LogP contribution in [0.25, 0.3) is 0 Å². The molecule has 1 amide bonds. The van der Waals surface area contributed by atoms with E-state index in [9.17, 15) is 9.18 Å². The molecule has 8 heteroatoms. The van der Waals surface area contributed by atoms with Gasteiger partial charge in [-0.3, -0.25) is 4.79 Å². The van der Waals surface area contributed by atoms with Gasteiger partial charge in [-0.2, -0.15) is 0 Å². The molecule has 3 rings (SSSR count). The number of nitrogens with zero attached hydrogens (tertiary/aromatic N) is 2. The summed E-state index contributed by atoms with van der Waals surface area (Å²) in [4.78, 5) is 12.1. The second-order valence-corrected chi connectivity index (χ2v) is 5.85. The molecule has 0 aliphatic carbocycles. The molecule has 0 fully saturated rings. The number of aryl methyl sites for hydroxylation is 1. The molecule has 0 bridgehead atoms. The van der Waals surface area contributed by atoms with E-state index in [2.05, 4.69) is 10.4 Å². The van der Waals surface area contributed by atoms with Gasteiger partial charge in [-0.25, -0.2) is 9.07 Å². The highest BCUT2D eigenvalue weighted by Crippen LogP contribution is 2.17. The zero-order chi connectivity index (χ0) is 18.5. The first-order valence-electron chi connectivity index (χ1n) is 7.82. The van der Waals surface area contributed by atoms with Gasteiger partial charge in [0.15, 0.2) is 6.61 Å². The number of ether oxygens (including phenoxy) is 1. The van der Waals surface area contributed by atoms with Crippen LogP contribution in [0.2, 0.25) is 0 Å². The molecule has 2 aromatic carbocycles. The summed E-state index contributed by atoms with van der Waals surface area (Å²) >= 11 is 5.06. The highest BCUT2D eigenvalue weighted by Gasteiger charge is 2.12. The maximum Gasteiger partial charge on any atom is 0.287 e. The first kappa shape index (κ1) is 17.8. The van der Waals surface area contributed by atoms with E-state index in [4.69, 9.17) is 21.4 Å². The lowest BCUT2D eigenvalue weighted by Crippen LogP contribution is -2.20. The van der Waals surface area contributed by atoms with Gasteiger partial charge in [-0.1, -0.05) is 30.3 Å². The van der Waals surface area contributed by atoms with Gasteiger partial charge in [0.05, 0.1) is 5.69 Å². The minimum absolute atomic E-state index is 0.0390. The number of carbonyl (C=O) groups excluding carboxylic acids is 1. The predicted molar refractivity (Wildman–Crippen MR) is 95.9 cm³/mol. The molecule has 0 spiro atoms. The molecule has 0 aliphatic heterocycles. The van der Waals surface area contributed by atoms with E-state index in [0.29, 0.717) is 5.75 Å². The van der Waals surface area contributed by atoms with Crippen LogP contribution in [-0.4, -0.2) is 15.7 Å². The monoisotopic (exact) mass is 373 g/mol. The van der Waals surface area contributed by atoms with Crippen molar-refractivity contribution in [1.29, 1.82) is 0 Å². The van der Waals surface area contributed by atoms with Crippen LogP contribution in [0.1, 0.15) is 11.5 Å². The normalized spacial score (nSPS) is 10.5. The predicted octanol–water partition coefficient (Wildman–Crippen LogP) is 3.87. The Morgan fingerprint density at radius 3 is 2.77 bits per heavy atom. The fourth-order valence-electron chi connectivity index (χ4n) is 2.25. The molecule has 0 aliphatic rings. The third kappa shape index (κ3) is 4.34. The van der Waals surface area contributed by atoms with Crippen molar-refractivity contribution in [2.24, 2.45) is 0 Å². The van der Waals surface area contributed by atoms with Gasteiger partial charge in [-0.15, -0.1) is 5.10 Å². The topological polar surface area (TPSA) is 69.3 Å². The average molecular weight is 373 g/mol. The Morgan fingerprint density at radius 1 is 1.27 bits per heavy atom. The minimum atomic E-state index is -0.517. The quantitative estimate of drug-likeness (QED) is 0.664. The highest BCUT2D eigenvalue weighted by molar-refractivity contribution is 7.71. The summed E-state index contributed by atoms with van der Waals surface area (Å²) in [5.41, 5.74) is 1.07. The third-order valence-electron chi connectivity index (χ3n) is 3.53. The number of nitrogens with one attached hydrogen (secondary N) is 1. The molecule has 3 aromatic rings. The molecule has 0 unspecified atom stereocenters. The number of carbonyl (C=O) groups is 1. The van der Waals surface area contributed by atoms with Crippen LogP contribution in [0.4, 0.5) is 10.1 Å². The van der Waals surface area contributed by atoms with Crippen LogP contribution in [0.3, 0.4) is 0 Å². The first-order valence-corrected chi connectivity index (χ1v) is 8.23. The third-order valence-corrected chi connectivity index (χ3v) is 3.83. The molecule has 0 saturated heterocycles. The number of hydrogen-bond donors (Lipinski definition) is 1. The number of aromatic nitrogens is 2. The summed E-state index contributed by atoms with van der Waals surface area (Å²) in [7, 11) is 0. The fraction of sp³-hybridized carbons (Fsp3) is 0.167. The van der Waals surface area contributed by atoms with Crippen LogP contribution in [0.5, 0.6) is 5.75 Å². The van der Waals surface area contributed by atoms with Gasteiger partial charge in [0, 0.05) is 0 Å². The average Bonchev–Trinajstić information content (AvgIpc) is 2.96. The standard InChI is InChI=1S/C18H16FN3O3S/c1-12-6-2-5-9-15(12)24-11-17-21-22(18(26)25-17)10-16(23)20-14-8-4-3-7-13(14)19/h2-9H,10-11H2,1H3,(H,20,23). The van der Waals surface area contributed by atoms with Crippen molar-refractivity contribution in [1.82, 2.24) is 9.78 Å². The number of benzene rings is 2. The Labute approximate surface area is 154 Å². The summed E-state index contributed by atoms with van der Waals surface area (Å²) in [6.45, 7) is 1.81. The molecular weight excluding hydrogens is 357 g/mol. The number of anilines is 1. The van der Waals surface area contributed by atoms with E-state index in [1.165, 1.54) is 16.8 Å². The first-order chi connectivity index (χ1) is 12.5. The summed E-state index contributed by atoms with van der Waals surface area (Å²) in [5.74, 6) is -0.0276. The van der Waals surface area contributed by atoms with Crippen LogP contribution >= 0.6 is 12.2 Å². The molecule has 26 heavy (non-hydrogen) atoms. The number of para-hydroxylation sites is 2. The van der Waals surface area contributed by atoms with Crippen molar-refractivity contribution in [2.75, 3.05) is 5.32 Å². The maximum atomic E-state index is 13.6. The van der Waals surface area contributed by atoms with E-state index < -0.39 is 11.7 Å². The Bertz CT molecular complexity index is 984. The van der Waals surface area contributed by atoms with Crippen LogP contribution in [0, 0.1) is 17.6 Å². The fourth-order valence-corrected chi connectivity index (χ4v) is 2.46. The van der Waals surface area contributed by atoms with E-state index in [-0.39, 0.29) is 29.6 Å². The number of rotatable bonds is 6. The smallest absolute Gasteiger partial charge is 0.287 e. The summed E-state index contributed by atoms with van der Waals surface area (Å²) in [6, 6.07) is 13.4. The Morgan fingerprint density at radius 2 is 2.00 bits per heavy atom. The molecule has 0 radical (unpaired) electrons. The SMILES string of the molecule is Cc1ccccc1OCc1nn(CC(=O)Nc2ccccc2F)c(=S)o1. The molecule has 0 atom stereocenters. The van der Waals surface area contributed by atoms with Crippen molar-refractivity contribution in [3.63, 3.8) is 0 Å². The maximum absolute atomic E-state index is 13.6. The van der Waals surface area contributed by atoms with Crippen LogP contribution < -0.4 is 10.1 Å². The van der Waals surface area contributed by atoms with Gasteiger partial charge in [0.25, 0.3) is 10.7 Å². The van der Waals surface area contributed by atoms with Crippen molar-refractivity contribution in [2.45, 2.75) is 20.1 Å². The minimum Gasteiger partial charge on any atom is -0.484 e. The lowest BCUT2D eigenvalue weighted by Gasteiger charge is -2.06. The number of amides is 1. The van der Waals surface area contributed by atoms with Crippen molar-refractivity contribution in [3.8, 4) is 5.75 Å². The van der Waals surface area contributed by atoms with E-state index in [1.54, 1.807) is 12.1 Å². The lowest BCUT2D eigenvalue weighted by molar-refractivity contribution is -0.117. The second-order valence-electron chi connectivity index (χ2n) is 5.50. The van der Waals surface area contributed by atoms with E-state index >= 15 is 0 Å². The van der Waals surface area contributed by atoms with E-state index in [1.807, 2.05) is 31.2 Å². The Balaban J connectivity index is 1.63. The van der Waals surface area contributed by atoms with Crippen LogP contribution in [0.15, 0.2) is 52.9 Å². The number of hydrogen-bond acceptors (Lipinski definition) is 5. The largest absolute Gasteiger partial charge is 0.484 e. The van der Waals surface area contributed by atoms with Gasteiger partial charge < -0.3 is 14.5 Å². The molecule has 1 aromatic heterocycles. The summed E-state index contributed by atoms with van der Waals surface area (Å²) in [5, 5.41) is 6.59. The van der Waals surface area contributed by atoms with Crippen molar-refractivity contribution in [3.05, 3.63) is 70.6 Å². The van der Waals surface area contributed by atoms with Crippen LogP contribution in [-0.2, 0) is 17.9 Å². The Hall–Kier alpha value is -3.00. The van der Waals surface area contributed by atoms with Gasteiger partial charge >= 0.3 is 0 Å². The zero-order valence-corrected chi connectivity index (χ0v) is 14.8. The van der Waals surface area contributed by atoms with Crippen molar-refractivity contribution < 1.29 is 18.3 Å². The molecule has 6 nitrogen and oxygen atoms in total. The Kier molecular flexibility index (Phi) is 5.43. The molecule has 1 heterocycles. The summed E-state index contributed by atoms with van der Waals surface area (Å²) < 4.78 is 25.8. The molecular formula is C18H16FN3O3S. The van der Waals surface area contributed by atoms with Gasteiger partial charge in [-0.05, 0) is 42.9 Å². The van der Waals surface area contributed by atoms with Gasteiger partial charge in [0.2, 0.25) is 5.91 Å². The number of halogens is 1. The summed E-state index contributed by atoms with van der Waals surface area (Å²) in [6.07, 6.45) is 0. The molecule has 134 valence electrons. The second kappa shape index (κ2) is 7.92. The zero-order valence-electron chi connectivity index (χ0n) is 13.9. The van der Waals surface area contributed by atoms with Gasteiger partial charge in [0.1, 0.15) is 18.1 Å². The van der Waals surface area contributed by atoms with Crippen molar-refractivity contribution >= 4 is 23.8 Å².